The molecule has 0 atom stereocenters. The van der Waals surface area contributed by atoms with Gasteiger partial charge < -0.3 is 0 Å². The van der Waals surface area contributed by atoms with Gasteiger partial charge in [0.25, 0.3) is 0 Å². The third kappa shape index (κ3) is 9.62. The standard InChI is InChI=1S/ClH.Cu.Fe.H4Si/h1H;;;1H4. The normalized spacial score (nSPS) is 0. The Balaban J connectivity index is 0. The van der Waals surface area contributed by atoms with Gasteiger partial charge in [-0.2, -0.15) is 0 Å². The summed E-state index contributed by atoms with van der Waals surface area (Å²) in [6, 6.07) is 0. The molecule has 0 bridgehead atoms. The second-order valence-electron chi connectivity index (χ2n) is 0. The van der Waals surface area contributed by atoms with Gasteiger partial charge >= 0.3 is 0 Å². The molecule has 0 aliphatic rings. The van der Waals surface area contributed by atoms with E-state index in [1.165, 1.54) is 0 Å². The molecule has 0 rings (SSSR count). The fraction of sp³-hybridized carbons (Fsp3) is 0. The minimum Gasteiger partial charge on any atom is -0.147 e. The maximum Gasteiger partial charge on any atom is 0 e. The first kappa shape index (κ1) is 48.0. The van der Waals surface area contributed by atoms with Crippen LogP contribution in [0.25, 0.3) is 0 Å². The Morgan fingerprint density at radius 2 is 1.00 bits per heavy atom. The van der Waals surface area contributed by atoms with Crippen LogP contribution in [0.3, 0.4) is 0 Å². The van der Waals surface area contributed by atoms with Crippen LogP contribution in [0.2, 0.25) is 0 Å². The second kappa shape index (κ2) is 23.9. The van der Waals surface area contributed by atoms with Crippen molar-refractivity contribution < 1.29 is 34.1 Å². The molecule has 0 saturated heterocycles. The minimum absolute atomic E-state index is 0. The Morgan fingerprint density at radius 1 is 1.00 bits per heavy atom. The Morgan fingerprint density at radius 3 is 1.00 bits per heavy atom. The summed E-state index contributed by atoms with van der Waals surface area (Å²) in [5, 5.41) is 0. The van der Waals surface area contributed by atoms with E-state index < -0.39 is 0 Å². The van der Waals surface area contributed by atoms with E-state index in [9.17, 15) is 0 Å². The van der Waals surface area contributed by atoms with Gasteiger partial charge in [0, 0.05) is 34.1 Å². The largest absolute Gasteiger partial charge is 0.147 e. The summed E-state index contributed by atoms with van der Waals surface area (Å²) < 4.78 is 0. The molecule has 4 heteroatoms. The molecule has 0 aromatic heterocycles. The molecule has 1 radical (unpaired) electrons. The van der Waals surface area contributed by atoms with Crippen LogP contribution in [0.1, 0.15) is 0 Å². The molecule has 0 aromatic carbocycles. The number of rotatable bonds is 0. The SMILES string of the molecule is Cl.[Cu].[Fe].[SiH4]. The average Bonchev–Trinajstić information content (AvgIpc) is 0. The molecule has 0 fully saturated rings. The average molecular weight is 188 g/mol. The summed E-state index contributed by atoms with van der Waals surface area (Å²) in [7, 11) is 0. The fourth-order valence-corrected chi connectivity index (χ4v) is 0. The van der Waals surface area contributed by atoms with Crippen molar-refractivity contribution in [2.75, 3.05) is 0 Å². The molecule has 0 heterocycles. The molecule has 0 aliphatic carbocycles. The van der Waals surface area contributed by atoms with Crippen molar-refractivity contribution in [3.8, 4) is 0 Å². The molecule has 0 amide bonds. The smallest absolute Gasteiger partial charge is 0 e. The van der Waals surface area contributed by atoms with Crippen LogP contribution in [0, 0.1) is 0 Å². The molecule has 0 aliphatic heterocycles. The van der Waals surface area contributed by atoms with Gasteiger partial charge in [0.15, 0.2) is 0 Å². The van der Waals surface area contributed by atoms with Crippen LogP contribution in [-0.4, -0.2) is 11.0 Å². The van der Waals surface area contributed by atoms with Gasteiger partial charge in [0.05, 0.1) is 0 Å². The van der Waals surface area contributed by atoms with E-state index in [0.717, 1.165) is 0 Å². The predicted octanol–water partition coefficient (Wildman–Crippen LogP) is -1.03. The van der Waals surface area contributed by atoms with E-state index in [4.69, 9.17) is 0 Å². The van der Waals surface area contributed by atoms with E-state index in [2.05, 4.69) is 0 Å². The third-order valence-electron chi connectivity index (χ3n) is 0. The molecule has 35 valence electrons. The van der Waals surface area contributed by atoms with Crippen LogP contribution in [0.4, 0.5) is 0 Å². The first-order chi connectivity index (χ1) is 0. The van der Waals surface area contributed by atoms with Crippen LogP contribution >= 0.6 is 12.4 Å². The van der Waals surface area contributed by atoms with Crippen molar-refractivity contribution in [3.05, 3.63) is 0 Å². The molecular formula is H5ClCuFeSi. The van der Waals surface area contributed by atoms with Gasteiger partial charge in [-0.05, 0) is 11.0 Å². The Bertz CT molecular complexity index is 8.00. The fourth-order valence-electron chi connectivity index (χ4n) is 0. The van der Waals surface area contributed by atoms with Gasteiger partial charge in [-0.15, -0.1) is 12.4 Å². The zero-order valence-corrected chi connectivity index (χ0v) is 3.93. The topological polar surface area (TPSA) is 0 Å². The van der Waals surface area contributed by atoms with E-state index in [-0.39, 0.29) is 57.5 Å². The summed E-state index contributed by atoms with van der Waals surface area (Å²) in [5.41, 5.74) is 0. The summed E-state index contributed by atoms with van der Waals surface area (Å²) in [6.07, 6.45) is 0. The molecule has 0 unspecified atom stereocenters. The van der Waals surface area contributed by atoms with Crippen LogP contribution in [0.5, 0.6) is 0 Å². The van der Waals surface area contributed by atoms with E-state index in [1.54, 1.807) is 0 Å². The van der Waals surface area contributed by atoms with Crippen molar-refractivity contribution in [1.82, 2.24) is 0 Å². The van der Waals surface area contributed by atoms with Crippen LogP contribution in [0.15, 0.2) is 0 Å². The van der Waals surface area contributed by atoms with Gasteiger partial charge in [-0.25, -0.2) is 0 Å². The number of halogens is 1. The van der Waals surface area contributed by atoms with Gasteiger partial charge in [0.2, 0.25) is 0 Å². The van der Waals surface area contributed by atoms with Crippen molar-refractivity contribution >= 4 is 23.4 Å². The maximum absolute atomic E-state index is 0. The van der Waals surface area contributed by atoms with Crippen molar-refractivity contribution in [3.63, 3.8) is 0 Å². The van der Waals surface area contributed by atoms with Crippen molar-refractivity contribution in [2.45, 2.75) is 0 Å². The summed E-state index contributed by atoms with van der Waals surface area (Å²) in [4.78, 5) is 0. The summed E-state index contributed by atoms with van der Waals surface area (Å²) >= 11 is 0. The monoisotopic (exact) mass is 187 g/mol. The quantitative estimate of drug-likeness (QED) is 0.426. The molecule has 0 spiro atoms. The van der Waals surface area contributed by atoms with Gasteiger partial charge in [0.1, 0.15) is 0 Å². The maximum atomic E-state index is 0. The first-order valence-corrected chi connectivity index (χ1v) is 0. The van der Waals surface area contributed by atoms with Gasteiger partial charge in [-0.3, -0.25) is 0 Å². The van der Waals surface area contributed by atoms with E-state index >= 15 is 0 Å². The van der Waals surface area contributed by atoms with Crippen LogP contribution in [-0.2, 0) is 34.1 Å². The summed E-state index contributed by atoms with van der Waals surface area (Å²) in [6.45, 7) is 0. The molecule has 0 N–H and O–H groups in total. The summed E-state index contributed by atoms with van der Waals surface area (Å²) in [5.74, 6) is 0. The van der Waals surface area contributed by atoms with Crippen molar-refractivity contribution in [2.24, 2.45) is 0 Å². The zero-order valence-electron chi connectivity index (χ0n) is 1.06. The van der Waals surface area contributed by atoms with E-state index in [0.29, 0.717) is 0 Å². The first-order valence-electron chi connectivity index (χ1n) is 0. The Hall–Kier alpha value is 1.55. The minimum atomic E-state index is 0. The van der Waals surface area contributed by atoms with Gasteiger partial charge in [-0.1, -0.05) is 0 Å². The molecule has 0 saturated carbocycles. The number of hydrogen-bond donors (Lipinski definition) is 0. The number of hydrogen-bond acceptors (Lipinski definition) is 0. The molecule has 0 aromatic rings. The van der Waals surface area contributed by atoms with E-state index in [1.807, 2.05) is 0 Å². The van der Waals surface area contributed by atoms with Crippen LogP contribution < -0.4 is 0 Å². The Labute approximate surface area is 57.5 Å². The zero-order chi connectivity index (χ0) is 0. The Kier molecular flexibility index (Phi) is 287. The molecule has 4 heavy (non-hydrogen) atoms. The second-order valence-corrected chi connectivity index (χ2v) is 0. The predicted molar refractivity (Wildman–Crippen MR) is 18.6 cm³/mol. The third-order valence-corrected chi connectivity index (χ3v) is 0. The van der Waals surface area contributed by atoms with Crippen molar-refractivity contribution in [1.29, 1.82) is 0 Å². The molecule has 0 nitrogen and oxygen atoms in total. The molecular weight excluding hydrogens is 183 g/mol.